The van der Waals surface area contributed by atoms with Crippen LogP contribution in [0.4, 0.5) is 8.78 Å². The number of imidazole rings is 1. The number of nitrogens with zero attached hydrogens (tertiary/aromatic N) is 2. The lowest BCUT2D eigenvalue weighted by Crippen LogP contribution is -2.29. The van der Waals surface area contributed by atoms with Gasteiger partial charge in [0.05, 0.1) is 25.4 Å². The summed E-state index contributed by atoms with van der Waals surface area (Å²) < 4.78 is 33.4. The molecular weight excluding hydrogens is 396 g/mol. The van der Waals surface area contributed by atoms with Crippen LogP contribution in [0.3, 0.4) is 0 Å². The normalized spacial score (nSPS) is 12.0. The van der Waals surface area contributed by atoms with Gasteiger partial charge in [-0.05, 0) is 30.7 Å². The van der Waals surface area contributed by atoms with E-state index in [4.69, 9.17) is 4.74 Å². The molecule has 0 fully saturated rings. The molecule has 0 saturated carbocycles. The lowest BCUT2D eigenvalue weighted by molar-refractivity contribution is -0.140. The van der Waals surface area contributed by atoms with Gasteiger partial charge >= 0.3 is 5.97 Å². The van der Waals surface area contributed by atoms with Crippen molar-refractivity contribution in [3.63, 3.8) is 0 Å². The topological polar surface area (TPSA) is 97.2 Å². The highest BCUT2D eigenvalue weighted by Gasteiger charge is 2.27. The van der Waals surface area contributed by atoms with Crippen LogP contribution >= 0.6 is 0 Å². The van der Waals surface area contributed by atoms with Crippen LogP contribution in [0.1, 0.15) is 34.9 Å². The molecule has 0 spiro atoms. The van der Waals surface area contributed by atoms with Gasteiger partial charge in [0.1, 0.15) is 5.75 Å². The Morgan fingerprint density at radius 2 is 2.07 bits per heavy atom. The van der Waals surface area contributed by atoms with Crippen molar-refractivity contribution in [3.8, 4) is 5.75 Å². The van der Waals surface area contributed by atoms with Crippen LogP contribution < -0.4 is 5.56 Å². The fraction of sp³-hybridized carbons (Fsp3) is 0.286. The van der Waals surface area contributed by atoms with E-state index in [0.717, 1.165) is 17.8 Å². The zero-order valence-corrected chi connectivity index (χ0v) is 16.5. The van der Waals surface area contributed by atoms with Crippen LogP contribution in [-0.2, 0) is 22.5 Å². The number of hydrogen-bond acceptors (Lipinski definition) is 5. The minimum atomic E-state index is -1.12. The van der Waals surface area contributed by atoms with E-state index in [1.165, 1.54) is 30.1 Å². The number of aromatic hydroxyl groups is 1. The summed E-state index contributed by atoms with van der Waals surface area (Å²) in [6.07, 6.45) is 3.33. The highest BCUT2D eigenvalue weighted by atomic mass is 19.2. The quantitative estimate of drug-likeness (QED) is 0.576. The lowest BCUT2D eigenvalue weighted by atomic mass is 9.88. The molecule has 0 aliphatic carbocycles. The van der Waals surface area contributed by atoms with Crippen molar-refractivity contribution >= 4 is 5.97 Å². The second-order valence-corrected chi connectivity index (χ2v) is 6.87. The first kappa shape index (κ1) is 21.2. The van der Waals surface area contributed by atoms with Crippen molar-refractivity contribution in [2.45, 2.75) is 32.2 Å². The van der Waals surface area contributed by atoms with Gasteiger partial charge in [-0.15, -0.1) is 0 Å². The first-order chi connectivity index (χ1) is 14.3. The highest BCUT2D eigenvalue weighted by Crippen LogP contribution is 2.33. The van der Waals surface area contributed by atoms with E-state index in [1.807, 2.05) is 0 Å². The average Bonchev–Trinajstić information content (AvgIpc) is 3.22. The molecule has 1 atom stereocenters. The van der Waals surface area contributed by atoms with Crippen molar-refractivity contribution in [3.05, 3.63) is 81.3 Å². The van der Waals surface area contributed by atoms with Gasteiger partial charge in [0.25, 0.3) is 5.56 Å². The van der Waals surface area contributed by atoms with Gasteiger partial charge in [0.15, 0.2) is 11.6 Å². The molecule has 0 bridgehead atoms. The third kappa shape index (κ3) is 4.40. The minimum Gasteiger partial charge on any atom is -0.507 e. The Balaban J connectivity index is 2.09. The third-order valence-corrected chi connectivity index (χ3v) is 4.98. The van der Waals surface area contributed by atoms with Crippen molar-refractivity contribution < 1.29 is 23.4 Å². The maximum Gasteiger partial charge on any atom is 0.306 e. The van der Waals surface area contributed by atoms with Crippen molar-refractivity contribution in [1.82, 2.24) is 14.5 Å². The number of aromatic nitrogens is 3. The van der Waals surface area contributed by atoms with Crippen molar-refractivity contribution in [2.24, 2.45) is 0 Å². The van der Waals surface area contributed by atoms with Crippen LogP contribution in [0.5, 0.6) is 5.75 Å². The van der Waals surface area contributed by atoms with Crippen LogP contribution in [0.2, 0.25) is 0 Å². The summed E-state index contributed by atoms with van der Waals surface area (Å²) in [5.41, 5.74) is 0.911. The van der Waals surface area contributed by atoms with Gasteiger partial charge in [-0.1, -0.05) is 6.07 Å². The molecule has 7 nitrogen and oxygen atoms in total. The zero-order valence-electron chi connectivity index (χ0n) is 16.5. The second kappa shape index (κ2) is 8.89. The van der Waals surface area contributed by atoms with E-state index in [1.54, 1.807) is 13.1 Å². The van der Waals surface area contributed by atoms with Gasteiger partial charge in [-0.2, -0.15) is 0 Å². The largest absolute Gasteiger partial charge is 0.507 e. The number of esters is 1. The third-order valence-electron chi connectivity index (χ3n) is 4.98. The number of aromatic amines is 1. The molecule has 9 heteroatoms. The molecule has 2 aromatic heterocycles. The Bertz CT molecular complexity index is 1110. The summed E-state index contributed by atoms with van der Waals surface area (Å²) in [6, 6.07) is 4.51. The Kier molecular flexibility index (Phi) is 6.29. The van der Waals surface area contributed by atoms with E-state index >= 15 is 0 Å². The van der Waals surface area contributed by atoms with Gasteiger partial charge < -0.3 is 19.4 Å². The predicted molar refractivity (Wildman–Crippen MR) is 104 cm³/mol. The lowest BCUT2D eigenvalue weighted by Gasteiger charge is -2.20. The van der Waals surface area contributed by atoms with Gasteiger partial charge in [-0.3, -0.25) is 9.59 Å². The number of nitrogens with one attached hydrogen (secondary N) is 1. The van der Waals surface area contributed by atoms with Gasteiger partial charge in [0, 0.05) is 36.5 Å². The number of carbonyl (C=O) groups excluding carboxylic acids is 1. The SMILES string of the molecule is COC(=O)C[C@@H](c1ccc(F)c(F)c1)c1c(O)cc(C)n(CCc2cnc[nH]2)c1=O. The molecule has 0 amide bonds. The van der Waals surface area contributed by atoms with E-state index < -0.39 is 29.1 Å². The maximum absolute atomic E-state index is 13.9. The fourth-order valence-electron chi connectivity index (χ4n) is 3.39. The second-order valence-electron chi connectivity index (χ2n) is 6.87. The smallest absolute Gasteiger partial charge is 0.306 e. The molecule has 0 radical (unpaired) electrons. The molecule has 3 aromatic rings. The van der Waals surface area contributed by atoms with Crippen LogP contribution in [-0.4, -0.2) is 32.7 Å². The number of rotatable bonds is 7. The molecule has 0 aliphatic heterocycles. The predicted octanol–water partition coefficient (Wildman–Crippen LogP) is 2.80. The number of pyridine rings is 1. The van der Waals surface area contributed by atoms with E-state index in [2.05, 4.69) is 9.97 Å². The molecule has 0 saturated heterocycles. The number of aryl methyl sites for hydroxylation is 2. The van der Waals surface area contributed by atoms with Crippen LogP contribution in [0.25, 0.3) is 0 Å². The molecule has 1 aromatic carbocycles. The number of methoxy groups -OCH3 is 1. The van der Waals surface area contributed by atoms with E-state index in [9.17, 15) is 23.5 Å². The molecule has 2 heterocycles. The first-order valence-corrected chi connectivity index (χ1v) is 9.24. The molecule has 0 unspecified atom stereocenters. The van der Waals surface area contributed by atoms with E-state index in [-0.39, 0.29) is 23.3 Å². The molecule has 2 N–H and O–H groups in total. The first-order valence-electron chi connectivity index (χ1n) is 9.24. The number of H-pyrrole nitrogens is 1. The van der Waals surface area contributed by atoms with Crippen molar-refractivity contribution in [1.29, 1.82) is 0 Å². The number of benzene rings is 1. The number of ether oxygens (including phenoxy) is 1. The van der Waals surface area contributed by atoms with E-state index in [0.29, 0.717) is 18.7 Å². The number of halogens is 2. The zero-order chi connectivity index (χ0) is 21.8. The molecule has 30 heavy (non-hydrogen) atoms. The average molecular weight is 417 g/mol. The Hall–Kier alpha value is -3.49. The Morgan fingerprint density at radius 1 is 1.30 bits per heavy atom. The van der Waals surface area contributed by atoms with Gasteiger partial charge in [0.2, 0.25) is 0 Å². The minimum absolute atomic E-state index is 0.0818. The summed E-state index contributed by atoms with van der Waals surface area (Å²) in [5.74, 6) is -4.17. The molecule has 158 valence electrons. The molecule has 3 rings (SSSR count). The summed E-state index contributed by atoms with van der Waals surface area (Å²) in [5, 5.41) is 10.5. The number of carbonyl (C=O) groups is 1. The molecule has 0 aliphatic rings. The Labute approximate surface area is 171 Å². The van der Waals surface area contributed by atoms with Crippen LogP contribution in [0, 0.1) is 18.6 Å². The standard InChI is InChI=1S/C21H21F2N3O4/c1-12-7-18(27)20(21(29)26(12)6-5-14-10-24-11-25-14)15(9-19(28)30-2)13-3-4-16(22)17(23)8-13/h3-4,7-8,10-11,15,27H,5-6,9H2,1-2H3,(H,24,25)/t15-/m0/s1. The summed E-state index contributed by atoms with van der Waals surface area (Å²) in [4.78, 5) is 32.1. The van der Waals surface area contributed by atoms with Crippen molar-refractivity contribution in [2.75, 3.05) is 7.11 Å². The highest BCUT2D eigenvalue weighted by molar-refractivity contribution is 5.71. The van der Waals surface area contributed by atoms with Gasteiger partial charge in [-0.25, -0.2) is 13.8 Å². The summed E-state index contributed by atoms with van der Waals surface area (Å²) in [6.45, 7) is 1.97. The summed E-state index contributed by atoms with van der Waals surface area (Å²) >= 11 is 0. The Morgan fingerprint density at radius 3 is 2.70 bits per heavy atom. The summed E-state index contributed by atoms with van der Waals surface area (Å²) in [7, 11) is 1.18. The monoisotopic (exact) mass is 417 g/mol. The molecular formula is C21H21F2N3O4. The maximum atomic E-state index is 13.9. The number of hydrogen-bond donors (Lipinski definition) is 2. The fourth-order valence-corrected chi connectivity index (χ4v) is 3.39. The van der Waals surface area contributed by atoms with Crippen LogP contribution in [0.15, 0.2) is 41.6 Å².